The van der Waals surface area contributed by atoms with Crippen LogP contribution in [0.15, 0.2) is 4.99 Å². The van der Waals surface area contributed by atoms with Gasteiger partial charge in [-0.25, -0.2) is 0 Å². The molecule has 76 valence electrons. The zero-order chi connectivity index (χ0) is 9.68. The highest BCUT2D eigenvalue weighted by Crippen LogP contribution is 2.28. The van der Waals surface area contributed by atoms with Gasteiger partial charge >= 0.3 is 0 Å². The molecule has 0 radical (unpaired) electrons. The first kappa shape index (κ1) is 11.4. The van der Waals surface area contributed by atoms with Crippen molar-refractivity contribution in [3.05, 3.63) is 0 Å². The minimum absolute atomic E-state index is 0.249. The van der Waals surface area contributed by atoms with Crippen molar-refractivity contribution < 1.29 is 5.11 Å². The molecule has 0 aliphatic carbocycles. The molecule has 0 aromatic carbocycles. The van der Waals surface area contributed by atoms with Crippen molar-refractivity contribution in [1.29, 1.82) is 0 Å². The fourth-order valence-corrected chi connectivity index (χ4v) is 3.31. The van der Waals surface area contributed by atoms with Crippen LogP contribution < -0.4 is 0 Å². The normalized spacial score (nSPS) is 22.5. The molecule has 0 amide bonds. The summed E-state index contributed by atoms with van der Waals surface area (Å²) in [4.78, 5) is 4.60. The summed E-state index contributed by atoms with van der Waals surface area (Å²) in [7, 11) is 0. The Morgan fingerprint density at radius 1 is 1.69 bits per heavy atom. The number of nitrogens with zero attached hydrogens (tertiary/aromatic N) is 1. The third kappa shape index (κ3) is 4.38. The number of aliphatic imine (C=N–C) groups is 1. The van der Waals surface area contributed by atoms with Crippen LogP contribution in [0.3, 0.4) is 0 Å². The Hall–Kier alpha value is 0.330. The number of thioether (sulfide) groups is 2. The molecule has 1 N–H and O–H groups in total. The first-order chi connectivity index (χ1) is 6.22. The first-order valence-electron chi connectivity index (χ1n) is 4.66. The third-order valence-corrected chi connectivity index (χ3v) is 4.10. The molecule has 4 heteroatoms. The molecule has 1 aliphatic rings. The molecule has 0 unspecified atom stereocenters. The Kier molecular flexibility index (Phi) is 5.21. The van der Waals surface area contributed by atoms with Gasteiger partial charge in [-0.05, 0) is 12.3 Å². The van der Waals surface area contributed by atoms with Gasteiger partial charge in [0.2, 0.25) is 0 Å². The monoisotopic (exact) mass is 219 g/mol. The number of aliphatic hydroxyl groups is 1. The Balaban J connectivity index is 2.26. The van der Waals surface area contributed by atoms with Crippen LogP contribution in [-0.2, 0) is 0 Å². The van der Waals surface area contributed by atoms with Crippen LogP contribution in [0.5, 0.6) is 0 Å². The minimum atomic E-state index is 0.249. The number of rotatable bonds is 4. The molecule has 1 atom stereocenters. The topological polar surface area (TPSA) is 32.6 Å². The Bertz CT molecular complexity index is 182. The van der Waals surface area contributed by atoms with Crippen LogP contribution >= 0.6 is 23.5 Å². The highest BCUT2D eigenvalue weighted by Gasteiger charge is 2.18. The van der Waals surface area contributed by atoms with Crippen LogP contribution in [0.2, 0.25) is 0 Å². The van der Waals surface area contributed by atoms with E-state index in [0.717, 1.165) is 17.4 Å². The van der Waals surface area contributed by atoms with E-state index in [1.165, 1.54) is 10.8 Å². The van der Waals surface area contributed by atoms with Gasteiger partial charge in [0.15, 0.2) is 0 Å². The van der Waals surface area contributed by atoms with Crippen LogP contribution in [0.1, 0.15) is 20.3 Å². The fourth-order valence-electron chi connectivity index (χ4n) is 1.27. The summed E-state index contributed by atoms with van der Waals surface area (Å²) >= 11 is 3.51. The fraction of sp³-hybridized carbons (Fsp3) is 0.889. The van der Waals surface area contributed by atoms with E-state index in [-0.39, 0.29) is 6.61 Å². The lowest BCUT2D eigenvalue weighted by molar-refractivity contribution is 0.323. The Labute approximate surface area is 88.6 Å². The largest absolute Gasteiger partial charge is 0.396 e. The van der Waals surface area contributed by atoms with Gasteiger partial charge in [-0.3, -0.25) is 4.99 Å². The highest BCUT2D eigenvalue weighted by molar-refractivity contribution is 8.39. The predicted molar refractivity (Wildman–Crippen MR) is 62.7 cm³/mol. The van der Waals surface area contributed by atoms with Gasteiger partial charge in [-0.2, -0.15) is 0 Å². The third-order valence-electron chi connectivity index (χ3n) is 1.75. The Morgan fingerprint density at radius 3 is 3.08 bits per heavy atom. The minimum Gasteiger partial charge on any atom is -0.396 e. The number of hydrogen-bond donors (Lipinski definition) is 1. The van der Waals surface area contributed by atoms with Crippen LogP contribution in [0.4, 0.5) is 0 Å². The van der Waals surface area contributed by atoms with Crippen molar-refractivity contribution in [3.63, 3.8) is 0 Å². The summed E-state index contributed by atoms with van der Waals surface area (Å²) in [6.07, 6.45) is 1.19. The number of aliphatic hydroxyl groups excluding tert-OH is 1. The molecule has 1 rings (SSSR count). The van der Waals surface area contributed by atoms with Gasteiger partial charge in [0, 0.05) is 11.5 Å². The summed E-state index contributed by atoms with van der Waals surface area (Å²) < 4.78 is 1.17. The zero-order valence-corrected chi connectivity index (χ0v) is 9.83. The summed E-state index contributed by atoms with van der Waals surface area (Å²) in [6, 6.07) is 0.520. The summed E-state index contributed by atoms with van der Waals surface area (Å²) in [5.41, 5.74) is 0. The van der Waals surface area contributed by atoms with E-state index in [0.29, 0.717) is 6.04 Å². The molecule has 0 saturated heterocycles. The van der Waals surface area contributed by atoms with Crippen LogP contribution in [-0.4, -0.2) is 33.6 Å². The molecular weight excluding hydrogens is 202 g/mol. The van der Waals surface area contributed by atoms with Crippen LogP contribution in [0, 0.1) is 5.92 Å². The van der Waals surface area contributed by atoms with Gasteiger partial charge in [-0.1, -0.05) is 37.4 Å². The van der Waals surface area contributed by atoms with Gasteiger partial charge < -0.3 is 5.11 Å². The van der Waals surface area contributed by atoms with E-state index in [2.05, 4.69) is 18.8 Å². The highest BCUT2D eigenvalue weighted by atomic mass is 32.2. The summed E-state index contributed by atoms with van der Waals surface area (Å²) in [5.74, 6) is 2.64. The summed E-state index contributed by atoms with van der Waals surface area (Å²) in [5, 5.41) is 8.65. The average Bonchev–Trinajstić information content (AvgIpc) is 2.48. The van der Waals surface area contributed by atoms with Crippen molar-refractivity contribution in [2.45, 2.75) is 26.3 Å². The second-order valence-electron chi connectivity index (χ2n) is 3.56. The molecule has 0 aromatic rings. The second kappa shape index (κ2) is 5.94. The smallest absolute Gasteiger partial charge is 0.125 e. The molecule has 0 aromatic heterocycles. The molecule has 0 fully saturated rings. The maximum absolute atomic E-state index is 8.65. The zero-order valence-electron chi connectivity index (χ0n) is 8.19. The molecule has 0 spiro atoms. The molecule has 2 nitrogen and oxygen atoms in total. The van der Waals surface area contributed by atoms with Gasteiger partial charge in [0.1, 0.15) is 4.38 Å². The second-order valence-corrected chi connectivity index (χ2v) is 5.91. The standard InChI is InChI=1S/C9H17NOS2/c1-7(2)5-8-6-13-9(10-8)12-4-3-11/h7-8,11H,3-6H2,1-2H3/t8-/m0/s1. The van der Waals surface area contributed by atoms with Crippen molar-refractivity contribution >= 4 is 27.9 Å². The van der Waals surface area contributed by atoms with E-state index < -0.39 is 0 Å². The van der Waals surface area contributed by atoms with E-state index in [4.69, 9.17) is 5.11 Å². The van der Waals surface area contributed by atoms with Crippen LogP contribution in [0.25, 0.3) is 0 Å². The van der Waals surface area contributed by atoms with E-state index >= 15 is 0 Å². The lowest BCUT2D eigenvalue weighted by Gasteiger charge is -2.07. The summed E-state index contributed by atoms with van der Waals surface area (Å²) in [6.45, 7) is 4.72. The predicted octanol–water partition coefficient (Wildman–Crippen LogP) is 2.23. The molecule has 13 heavy (non-hydrogen) atoms. The van der Waals surface area contributed by atoms with E-state index in [1.807, 2.05) is 11.8 Å². The Morgan fingerprint density at radius 2 is 2.46 bits per heavy atom. The number of hydrogen-bond acceptors (Lipinski definition) is 4. The van der Waals surface area contributed by atoms with Crippen molar-refractivity contribution in [2.75, 3.05) is 18.1 Å². The van der Waals surface area contributed by atoms with Crippen molar-refractivity contribution in [3.8, 4) is 0 Å². The van der Waals surface area contributed by atoms with E-state index in [1.54, 1.807) is 11.8 Å². The van der Waals surface area contributed by atoms with Crippen molar-refractivity contribution in [1.82, 2.24) is 0 Å². The maximum atomic E-state index is 8.65. The SMILES string of the molecule is CC(C)C[C@H]1CSC(SCCO)=N1. The van der Waals surface area contributed by atoms with Gasteiger partial charge in [-0.15, -0.1) is 0 Å². The van der Waals surface area contributed by atoms with Gasteiger partial charge in [0.05, 0.1) is 12.6 Å². The maximum Gasteiger partial charge on any atom is 0.125 e. The average molecular weight is 219 g/mol. The lowest BCUT2D eigenvalue weighted by Crippen LogP contribution is -2.07. The van der Waals surface area contributed by atoms with Gasteiger partial charge in [0.25, 0.3) is 0 Å². The molecular formula is C9H17NOS2. The molecule has 0 saturated carbocycles. The molecule has 1 aliphatic heterocycles. The molecule has 1 heterocycles. The lowest BCUT2D eigenvalue weighted by atomic mass is 10.1. The van der Waals surface area contributed by atoms with Crippen molar-refractivity contribution in [2.24, 2.45) is 10.9 Å². The van der Waals surface area contributed by atoms with E-state index in [9.17, 15) is 0 Å². The quantitative estimate of drug-likeness (QED) is 0.787. The first-order valence-corrected chi connectivity index (χ1v) is 6.63. The molecule has 0 bridgehead atoms.